The van der Waals surface area contributed by atoms with Crippen molar-refractivity contribution in [2.75, 3.05) is 21.3 Å². The van der Waals surface area contributed by atoms with Crippen LogP contribution in [0, 0.1) is 0 Å². The summed E-state index contributed by atoms with van der Waals surface area (Å²) in [5, 5.41) is 17.4. The molecule has 0 radical (unpaired) electrons. The second kappa shape index (κ2) is 10.3. The van der Waals surface area contributed by atoms with Gasteiger partial charge in [0, 0.05) is 60.4 Å². The number of ether oxygens (including phenoxy) is 3. The quantitative estimate of drug-likeness (QED) is 0.260. The number of nitrogens with one attached hydrogen (secondary N) is 1. The van der Waals surface area contributed by atoms with Crippen molar-refractivity contribution in [2.24, 2.45) is 0 Å². The van der Waals surface area contributed by atoms with E-state index in [2.05, 4.69) is 14.5 Å². The monoisotopic (exact) mass is 618 g/mol. The summed E-state index contributed by atoms with van der Waals surface area (Å²) < 4.78 is 22.9. The summed E-state index contributed by atoms with van der Waals surface area (Å²) in [6.07, 6.45) is -2.36. The standard InChI is InChI=1S/C36H34N4O6/c1-36(45-4)32(44-3)25(38(2)35(43)46-19-20-12-6-5-7-13-20)18-39-23-16-10-8-14-21(23)26-28-29(34(42)37-33(28)41)27-22-15-9-11-17-24(22)40(36)31(27)30(26)39/h5-17,25,32,34,42H,18-19H2,1-4H3,(H,37,41). The van der Waals surface area contributed by atoms with Crippen LogP contribution in [0.4, 0.5) is 4.79 Å². The van der Waals surface area contributed by atoms with Gasteiger partial charge in [0.1, 0.15) is 12.7 Å². The van der Waals surface area contributed by atoms with Gasteiger partial charge >= 0.3 is 6.09 Å². The highest BCUT2D eigenvalue weighted by atomic mass is 16.6. The van der Waals surface area contributed by atoms with E-state index in [-0.39, 0.29) is 12.5 Å². The number of likely N-dealkylation sites (N-methyl/N-ethyl adjacent to an activating group) is 1. The van der Waals surface area contributed by atoms with Gasteiger partial charge < -0.3 is 38.7 Å². The zero-order chi connectivity index (χ0) is 31.9. The largest absolute Gasteiger partial charge is 0.445 e. The Morgan fingerprint density at radius 3 is 2.30 bits per heavy atom. The highest BCUT2D eigenvalue weighted by molar-refractivity contribution is 6.31. The van der Waals surface area contributed by atoms with Gasteiger partial charge in [0.15, 0.2) is 12.0 Å². The van der Waals surface area contributed by atoms with Crippen molar-refractivity contribution in [1.82, 2.24) is 19.4 Å². The number of hydrogen-bond acceptors (Lipinski definition) is 6. The van der Waals surface area contributed by atoms with Crippen molar-refractivity contribution >= 4 is 55.6 Å². The van der Waals surface area contributed by atoms with Crippen molar-refractivity contribution in [1.29, 1.82) is 0 Å². The molecule has 2 aliphatic rings. The van der Waals surface area contributed by atoms with E-state index in [1.165, 1.54) is 0 Å². The van der Waals surface area contributed by atoms with Crippen molar-refractivity contribution < 1.29 is 28.9 Å². The van der Waals surface area contributed by atoms with Crippen molar-refractivity contribution in [2.45, 2.75) is 44.2 Å². The highest BCUT2D eigenvalue weighted by Crippen LogP contribution is 2.50. The van der Waals surface area contributed by atoms with Crippen LogP contribution in [0.25, 0.3) is 43.6 Å². The van der Waals surface area contributed by atoms with Gasteiger partial charge in [0.2, 0.25) is 0 Å². The molecule has 0 fully saturated rings. The molecule has 234 valence electrons. The minimum atomic E-state index is -1.18. The predicted octanol–water partition coefficient (Wildman–Crippen LogP) is 5.62. The van der Waals surface area contributed by atoms with Gasteiger partial charge in [-0.25, -0.2) is 4.79 Å². The third kappa shape index (κ3) is 3.75. The van der Waals surface area contributed by atoms with E-state index < -0.39 is 30.2 Å². The molecule has 4 atom stereocenters. The average Bonchev–Trinajstić information content (AvgIpc) is 3.69. The van der Waals surface area contributed by atoms with E-state index in [0.29, 0.717) is 17.7 Å². The maximum Gasteiger partial charge on any atom is 0.410 e. The Kier molecular flexibility index (Phi) is 6.40. The number of amides is 2. The minimum Gasteiger partial charge on any atom is -0.445 e. The molecule has 2 amide bonds. The molecule has 8 rings (SSSR count). The smallest absolute Gasteiger partial charge is 0.410 e. The van der Waals surface area contributed by atoms with Crippen LogP contribution in [0.15, 0.2) is 78.9 Å². The van der Waals surface area contributed by atoms with Gasteiger partial charge in [-0.2, -0.15) is 0 Å². The van der Waals surface area contributed by atoms with E-state index >= 15 is 0 Å². The zero-order valence-corrected chi connectivity index (χ0v) is 26.0. The topological polar surface area (TPSA) is 107 Å². The number of carbonyl (C=O) groups is 2. The fraction of sp³-hybridized carbons (Fsp3) is 0.278. The summed E-state index contributed by atoms with van der Waals surface area (Å²) in [4.78, 5) is 29.0. The van der Waals surface area contributed by atoms with Crippen LogP contribution in [0.5, 0.6) is 0 Å². The summed E-state index contributed by atoms with van der Waals surface area (Å²) >= 11 is 0. The molecule has 10 heteroatoms. The minimum absolute atomic E-state index is 0.127. The number of rotatable bonds is 5. The fourth-order valence-corrected chi connectivity index (χ4v) is 7.86. The molecule has 6 aromatic rings. The summed E-state index contributed by atoms with van der Waals surface area (Å²) in [6, 6.07) is 24.8. The lowest BCUT2D eigenvalue weighted by Crippen LogP contribution is -2.59. The second-order valence-electron chi connectivity index (χ2n) is 12.2. The van der Waals surface area contributed by atoms with E-state index in [1.807, 2.05) is 85.8 Å². The van der Waals surface area contributed by atoms with Gasteiger partial charge in [-0.15, -0.1) is 0 Å². The molecule has 0 saturated carbocycles. The zero-order valence-electron chi connectivity index (χ0n) is 26.0. The van der Waals surface area contributed by atoms with Crippen LogP contribution in [0.3, 0.4) is 0 Å². The molecule has 4 aromatic carbocycles. The van der Waals surface area contributed by atoms with Crippen molar-refractivity contribution in [3.8, 4) is 0 Å². The molecule has 0 spiro atoms. The predicted molar refractivity (Wildman–Crippen MR) is 175 cm³/mol. The molecule has 0 aliphatic carbocycles. The van der Waals surface area contributed by atoms with Gasteiger partial charge in [-0.1, -0.05) is 66.7 Å². The van der Waals surface area contributed by atoms with Crippen LogP contribution >= 0.6 is 0 Å². The molecule has 0 bridgehead atoms. The molecular formula is C36H34N4O6. The van der Waals surface area contributed by atoms with Gasteiger partial charge in [-0.05, 0) is 24.6 Å². The number of benzene rings is 4. The lowest BCUT2D eigenvalue weighted by atomic mass is 9.94. The van der Waals surface area contributed by atoms with Crippen LogP contribution < -0.4 is 5.32 Å². The maximum absolute atomic E-state index is 13.8. The van der Waals surface area contributed by atoms with Crippen LogP contribution in [0.2, 0.25) is 0 Å². The Hall–Kier alpha value is -4.90. The molecule has 4 unspecified atom stereocenters. The van der Waals surface area contributed by atoms with E-state index in [1.54, 1.807) is 26.2 Å². The highest BCUT2D eigenvalue weighted by Gasteiger charge is 2.49. The number of carbonyl (C=O) groups excluding carboxylic acids is 2. The third-order valence-electron chi connectivity index (χ3n) is 9.98. The maximum atomic E-state index is 13.8. The molecule has 2 N–H and O–H groups in total. The van der Waals surface area contributed by atoms with Gasteiger partial charge in [-0.3, -0.25) is 4.79 Å². The van der Waals surface area contributed by atoms with Crippen LogP contribution in [-0.2, 0) is 33.1 Å². The first kappa shape index (κ1) is 28.6. The first-order chi connectivity index (χ1) is 22.3. The molecular weight excluding hydrogens is 584 g/mol. The molecule has 4 heterocycles. The summed E-state index contributed by atoms with van der Waals surface area (Å²) in [6.45, 7) is 2.40. The molecule has 10 nitrogen and oxygen atoms in total. The number of hydrogen-bond donors (Lipinski definition) is 2. The number of nitrogens with zero attached hydrogens (tertiary/aromatic N) is 3. The number of aliphatic hydroxyl groups excluding tert-OH is 1. The molecule has 2 aliphatic heterocycles. The number of aliphatic hydroxyl groups is 1. The molecule has 0 saturated heterocycles. The van der Waals surface area contributed by atoms with E-state index in [9.17, 15) is 14.7 Å². The third-order valence-corrected chi connectivity index (χ3v) is 9.98. The van der Waals surface area contributed by atoms with Crippen LogP contribution in [0.1, 0.15) is 34.6 Å². The average molecular weight is 619 g/mol. The number of fused-ring (bicyclic) bond motifs is 9. The summed E-state index contributed by atoms with van der Waals surface area (Å²) in [5.41, 5.74) is 4.12. The fourth-order valence-electron chi connectivity index (χ4n) is 7.86. The van der Waals surface area contributed by atoms with Gasteiger partial charge in [0.05, 0.1) is 28.2 Å². The number of methoxy groups -OCH3 is 2. The lowest BCUT2D eigenvalue weighted by Gasteiger charge is -2.45. The normalized spacial score (nSPS) is 22.4. The Balaban J connectivity index is 1.46. The second-order valence-corrected chi connectivity index (χ2v) is 12.2. The van der Waals surface area contributed by atoms with Crippen molar-refractivity contribution in [3.63, 3.8) is 0 Å². The number of para-hydroxylation sites is 2. The van der Waals surface area contributed by atoms with E-state index in [0.717, 1.165) is 49.2 Å². The van der Waals surface area contributed by atoms with Crippen molar-refractivity contribution in [3.05, 3.63) is 95.6 Å². The Morgan fingerprint density at radius 1 is 0.957 bits per heavy atom. The lowest BCUT2D eigenvalue weighted by molar-refractivity contribution is -0.176. The Bertz CT molecular complexity index is 2200. The van der Waals surface area contributed by atoms with Crippen LogP contribution in [-0.4, -0.2) is 64.6 Å². The first-order valence-electron chi connectivity index (χ1n) is 15.3. The van der Waals surface area contributed by atoms with Gasteiger partial charge in [0.25, 0.3) is 5.91 Å². The van der Waals surface area contributed by atoms with E-state index in [4.69, 9.17) is 14.2 Å². The number of aromatic nitrogens is 2. The molecule has 46 heavy (non-hydrogen) atoms. The summed E-state index contributed by atoms with van der Waals surface area (Å²) in [7, 11) is 4.99. The SMILES string of the molecule is COC1C(N(C)C(=O)OCc2ccccc2)Cn2c3ccccc3c3c4c(c5c6ccccc6n(c5c32)C1(C)OC)C(O)NC4=O. The molecule has 2 aromatic heterocycles. The Labute approximate surface area is 264 Å². The summed E-state index contributed by atoms with van der Waals surface area (Å²) in [5.74, 6) is -0.325. The first-order valence-corrected chi connectivity index (χ1v) is 15.3. The Morgan fingerprint density at radius 2 is 1.61 bits per heavy atom.